The molecule has 2 N–H and O–H groups in total. The molecule has 4 nitrogen and oxygen atoms in total. The van der Waals surface area contributed by atoms with Crippen molar-refractivity contribution in [3.8, 4) is 5.75 Å². The summed E-state index contributed by atoms with van der Waals surface area (Å²) >= 11 is 0. The molecule has 1 aliphatic carbocycles. The Hall–Kier alpha value is -2.33. The number of hydrogen-bond donors (Lipinski definition) is 2. The van der Waals surface area contributed by atoms with Gasteiger partial charge in [0.15, 0.2) is 0 Å². The molecule has 2 aromatic rings. The van der Waals surface area contributed by atoms with E-state index in [0.717, 1.165) is 38.9 Å². The van der Waals surface area contributed by atoms with Gasteiger partial charge in [0.05, 0.1) is 0 Å². The third-order valence-corrected chi connectivity index (χ3v) is 6.14. The van der Waals surface area contributed by atoms with Crippen molar-refractivity contribution in [3.05, 3.63) is 65.7 Å². The van der Waals surface area contributed by atoms with Gasteiger partial charge in [-0.05, 0) is 61.4 Å². The van der Waals surface area contributed by atoms with Crippen molar-refractivity contribution in [2.75, 3.05) is 19.6 Å². The predicted molar refractivity (Wildman–Crippen MR) is 111 cm³/mol. The number of rotatable bonds is 8. The molecule has 2 fully saturated rings. The lowest BCUT2D eigenvalue weighted by atomic mass is 9.95. The Balaban J connectivity index is 1.14. The van der Waals surface area contributed by atoms with Gasteiger partial charge in [0, 0.05) is 31.5 Å². The van der Waals surface area contributed by atoms with Crippen LogP contribution in [0.25, 0.3) is 0 Å². The van der Waals surface area contributed by atoms with E-state index in [0.29, 0.717) is 36.0 Å². The highest BCUT2D eigenvalue weighted by Crippen LogP contribution is 2.40. The molecule has 3 atom stereocenters. The smallest absolute Gasteiger partial charge is 0.222 e. The summed E-state index contributed by atoms with van der Waals surface area (Å²) in [6, 6.07) is 18.7. The van der Waals surface area contributed by atoms with E-state index in [1.54, 1.807) is 12.1 Å². The zero-order valence-electron chi connectivity index (χ0n) is 16.4. The van der Waals surface area contributed by atoms with Gasteiger partial charge in [0.1, 0.15) is 5.75 Å². The second kappa shape index (κ2) is 8.78. The Morgan fingerprint density at radius 2 is 1.86 bits per heavy atom. The van der Waals surface area contributed by atoms with Crippen LogP contribution in [0.2, 0.25) is 0 Å². The summed E-state index contributed by atoms with van der Waals surface area (Å²) in [7, 11) is 0. The minimum absolute atomic E-state index is 0.302. The van der Waals surface area contributed by atoms with Crippen LogP contribution in [0.1, 0.15) is 42.7 Å². The van der Waals surface area contributed by atoms with Crippen LogP contribution in [0.5, 0.6) is 5.75 Å². The van der Waals surface area contributed by atoms with E-state index in [9.17, 15) is 9.90 Å². The lowest BCUT2D eigenvalue weighted by molar-refractivity contribution is -0.135. The summed E-state index contributed by atoms with van der Waals surface area (Å²) in [5.74, 6) is 1.73. The van der Waals surface area contributed by atoms with Crippen LogP contribution in [-0.4, -0.2) is 41.6 Å². The van der Waals surface area contributed by atoms with Crippen molar-refractivity contribution in [2.45, 2.75) is 44.1 Å². The van der Waals surface area contributed by atoms with Gasteiger partial charge in [-0.3, -0.25) is 4.79 Å². The van der Waals surface area contributed by atoms with Crippen molar-refractivity contribution in [1.29, 1.82) is 0 Å². The van der Waals surface area contributed by atoms with E-state index in [-0.39, 0.29) is 0 Å². The summed E-state index contributed by atoms with van der Waals surface area (Å²) in [4.78, 5) is 14.5. The van der Waals surface area contributed by atoms with Crippen LogP contribution in [0, 0.1) is 5.92 Å². The van der Waals surface area contributed by atoms with Gasteiger partial charge in [-0.15, -0.1) is 0 Å². The van der Waals surface area contributed by atoms with E-state index < -0.39 is 0 Å². The number of phenolic OH excluding ortho intramolecular Hbond substituents is 1. The fraction of sp³-hybridized carbons (Fsp3) is 0.458. The normalized spacial score (nSPS) is 24.4. The monoisotopic (exact) mass is 378 g/mol. The summed E-state index contributed by atoms with van der Waals surface area (Å²) in [5.41, 5.74) is 2.64. The maximum Gasteiger partial charge on any atom is 0.222 e. The van der Waals surface area contributed by atoms with E-state index in [2.05, 4.69) is 35.6 Å². The zero-order chi connectivity index (χ0) is 19.3. The topological polar surface area (TPSA) is 52.6 Å². The average molecular weight is 379 g/mol. The number of nitrogens with one attached hydrogen (secondary N) is 1. The molecule has 1 aliphatic heterocycles. The lowest BCUT2D eigenvalue weighted by Crippen LogP contribution is -2.42. The third-order valence-electron chi connectivity index (χ3n) is 6.14. The molecule has 1 amide bonds. The van der Waals surface area contributed by atoms with Crippen LogP contribution >= 0.6 is 0 Å². The molecule has 4 heteroatoms. The molecular formula is C24H30N2O2. The fourth-order valence-corrected chi connectivity index (χ4v) is 4.30. The largest absolute Gasteiger partial charge is 0.508 e. The van der Waals surface area contributed by atoms with Gasteiger partial charge in [-0.2, -0.15) is 0 Å². The molecule has 3 unspecified atom stereocenters. The second-order valence-electron chi connectivity index (χ2n) is 8.28. The summed E-state index contributed by atoms with van der Waals surface area (Å²) in [5, 5.41) is 13.0. The summed E-state index contributed by atoms with van der Waals surface area (Å²) in [6.07, 6.45) is 4.90. The number of aromatic hydroxyl groups is 1. The molecule has 0 bridgehead atoms. The number of hydrogen-bond acceptors (Lipinski definition) is 3. The predicted octanol–water partition coefficient (Wildman–Crippen LogP) is 3.71. The van der Waals surface area contributed by atoms with Crippen molar-refractivity contribution in [1.82, 2.24) is 10.2 Å². The molecule has 148 valence electrons. The van der Waals surface area contributed by atoms with Gasteiger partial charge in [-0.25, -0.2) is 0 Å². The van der Waals surface area contributed by atoms with Crippen molar-refractivity contribution < 1.29 is 9.90 Å². The van der Waals surface area contributed by atoms with Crippen LogP contribution in [-0.2, 0) is 11.2 Å². The Morgan fingerprint density at radius 3 is 2.61 bits per heavy atom. The molecule has 1 saturated carbocycles. The van der Waals surface area contributed by atoms with Gasteiger partial charge in [0.2, 0.25) is 5.91 Å². The van der Waals surface area contributed by atoms with E-state index in [1.165, 1.54) is 17.5 Å². The zero-order valence-corrected chi connectivity index (χ0v) is 16.4. The van der Waals surface area contributed by atoms with Crippen molar-refractivity contribution in [2.24, 2.45) is 5.92 Å². The first kappa shape index (κ1) is 19.0. The molecule has 0 spiro atoms. The first-order valence-electron chi connectivity index (χ1n) is 10.5. The van der Waals surface area contributed by atoms with Crippen molar-refractivity contribution >= 4 is 5.91 Å². The molecule has 0 aromatic heterocycles. The third kappa shape index (κ3) is 4.93. The Morgan fingerprint density at radius 1 is 1.07 bits per heavy atom. The number of likely N-dealkylation sites (tertiary alicyclic amines) is 1. The number of aryl methyl sites for hydroxylation is 1. The SMILES string of the molecule is O=C1CC(CNC2CC2c2ccccc2)CCN1CCCc1ccc(O)cc1. The average Bonchev–Trinajstić information content (AvgIpc) is 3.50. The number of piperidine rings is 1. The molecule has 1 saturated heterocycles. The lowest BCUT2D eigenvalue weighted by Gasteiger charge is -2.32. The van der Waals surface area contributed by atoms with E-state index in [1.807, 2.05) is 17.0 Å². The Kier molecular flexibility index (Phi) is 5.96. The maximum absolute atomic E-state index is 12.5. The molecular weight excluding hydrogens is 348 g/mol. The van der Waals surface area contributed by atoms with Gasteiger partial charge < -0.3 is 15.3 Å². The number of phenols is 1. The van der Waals surface area contributed by atoms with Gasteiger partial charge in [-0.1, -0.05) is 42.5 Å². The number of nitrogens with zero attached hydrogens (tertiary/aromatic N) is 1. The first-order valence-corrected chi connectivity index (χ1v) is 10.5. The molecule has 28 heavy (non-hydrogen) atoms. The Bertz CT molecular complexity index is 775. The summed E-state index contributed by atoms with van der Waals surface area (Å²) < 4.78 is 0. The quantitative estimate of drug-likeness (QED) is 0.736. The molecule has 2 aliphatic rings. The molecule has 0 radical (unpaired) electrons. The highest BCUT2D eigenvalue weighted by Gasteiger charge is 2.38. The van der Waals surface area contributed by atoms with E-state index in [4.69, 9.17) is 0 Å². The maximum atomic E-state index is 12.5. The minimum Gasteiger partial charge on any atom is -0.508 e. The molecule has 4 rings (SSSR count). The first-order chi connectivity index (χ1) is 13.7. The molecule has 2 aromatic carbocycles. The molecule has 1 heterocycles. The number of carbonyl (C=O) groups is 1. The highest BCUT2D eigenvalue weighted by atomic mass is 16.3. The van der Waals surface area contributed by atoms with Crippen LogP contribution in [0.15, 0.2) is 54.6 Å². The van der Waals surface area contributed by atoms with Crippen LogP contribution < -0.4 is 5.32 Å². The number of amides is 1. The second-order valence-corrected chi connectivity index (χ2v) is 8.28. The Labute approximate surface area is 167 Å². The number of benzene rings is 2. The fourth-order valence-electron chi connectivity index (χ4n) is 4.30. The van der Waals surface area contributed by atoms with Gasteiger partial charge in [0.25, 0.3) is 0 Å². The summed E-state index contributed by atoms with van der Waals surface area (Å²) in [6.45, 7) is 2.67. The standard InChI is InChI=1S/C24H30N2O2/c27-21-10-8-18(9-11-21)5-4-13-26-14-12-19(15-24(26)28)17-25-23-16-22(23)20-6-2-1-3-7-20/h1-3,6-11,19,22-23,25,27H,4-5,12-17H2. The van der Waals surface area contributed by atoms with Crippen LogP contribution in [0.4, 0.5) is 0 Å². The minimum atomic E-state index is 0.302. The van der Waals surface area contributed by atoms with Crippen LogP contribution in [0.3, 0.4) is 0 Å². The number of carbonyl (C=O) groups excluding carboxylic acids is 1. The van der Waals surface area contributed by atoms with E-state index >= 15 is 0 Å². The van der Waals surface area contributed by atoms with Gasteiger partial charge >= 0.3 is 0 Å². The van der Waals surface area contributed by atoms with Crippen molar-refractivity contribution in [3.63, 3.8) is 0 Å². The highest BCUT2D eigenvalue weighted by molar-refractivity contribution is 5.77.